The quantitative estimate of drug-likeness (QED) is 0.694. The van der Waals surface area contributed by atoms with Crippen LogP contribution in [0.1, 0.15) is 36.3 Å². The molecular formula is C20H22N4O3. The van der Waals surface area contributed by atoms with Gasteiger partial charge >= 0.3 is 0 Å². The number of amides is 1. The highest BCUT2D eigenvalue weighted by atomic mass is 16.5. The zero-order valence-corrected chi connectivity index (χ0v) is 15.4. The van der Waals surface area contributed by atoms with Crippen LogP contribution >= 0.6 is 0 Å². The minimum absolute atomic E-state index is 0.125. The number of pyridine rings is 1. The summed E-state index contributed by atoms with van der Waals surface area (Å²) in [5, 5.41) is 2.76. The molecule has 0 atom stereocenters. The van der Waals surface area contributed by atoms with Gasteiger partial charge in [-0.1, -0.05) is 19.1 Å². The molecule has 0 bridgehead atoms. The molecule has 1 aromatic carbocycles. The van der Waals surface area contributed by atoms with Gasteiger partial charge < -0.3 is 10.1 Å². The number of nitrogens with one attached hydrogen (secondary N) is 1. The van der Waals surface area contributed by atoms with E-state index in [-0.39, 0.29) is 5.69 Å². The molecule has 0 aliphatic carbocycles. The fourth-order valence-electron chi connectivity index (χ4n) is 2.71. The highest BCUT2D eigenvalue weighted by Crippen LogP contribution is 2.12. The number of benzene rings is 1. The third-order valence-corrected chi connectivity index (χ3v) is 4.08. The number of carbonyl (C=O) groups is 1. The van der Waals surface area contributed by atoms with Gasteiger partial charge in [0.25, 0.3) is 11.5 Å². The van der Waals surface area contributed by atoms with E-state index in [1.807, 2.05) is 38.1 Å². The van der Waals surface area contributed by atoms with Crippen LogP contribution in [0.2, 0.25) is 0 Å². The average molecular weight is 366 g/mol. The molecule has 0 fully saturated rings. The van der Waals surface area contributed by atoms with Crippen molar-refractivity contribution in [1.82, 2.24) is 19.9 Å². The van der Waals surface area contributed by atoms with Crippen molar-refractivity contribution < 1.29 is 9.53 Å². The van der Waals surface area contributed by atoms with E-state index in [1.54, 1.807) is 18.3 Å². The van der Waals surface area contributed by atoms with Crippen molar-refractivity contribution in [2.45, 2.75) is 33.4 Å². The third kappa shape index (κ3) is 4.13. The topological polar surface area (TPSA) is 86.1 Å². The Hall–Kier alpha value is -3.22. The number of aromatic nitrogens is 3. The van der Waals surface area contributed by atoms with E-state index in [2.05, 4.69) is 15.3 Å². The smallest absolute Gasteiger partial charge is 0.283 e. The summed E-state index contributed by atoms with van der Waals surface area (Å²) >= 11 is 0. The first-order valence-corrected chi connectivity index (χ1v) is 8.99. The van der Waals surface area contributed by atoms with Crippen molar-refractivity contribution in [3.8, 4) is 5.75 Å². The van der Waals surface area contributed by atoms with E-state index in [4.69, 9.17) is 4.74 Å². The Morgan fingerprint density at radius 1 is 1.19 bits per heavy atom. The number of hydrogen-bond donors (Lipinski definition) is 1. The van der Waals surface area contributed by atoms with E-state index >= 15 is 0 Å². The molecule has 0 saturated carbocycles. The first-order chi connectivity index (χ1) is 13.1. The first-order valence-electron chi connectivity index (χ1n) is 8.99. The van der Waals surface area contributed by atoms with Crippen LogP contribution in [0.3, 0.4) is 0 Å². The normalized spacial score (nSPS) is 10.7. The van der Waals surface area contributed by atoms with Gasteiger partial charge in [-0.2, -0.15) is 0 Å². The fourth-order valence-corrected chi connectivity index (χ4v) is 2.71. The van der Waals surface area contributed by atoms with E-state index < -0.39 is 11.5 Å². The molecule has 0 aliphatic heterocycles. The van der Waals surface area contributed by atoms with Crippen molar-refractivity contribution >= 4 is 17.1 Å². The van der Waals surface area contributed by atoms with Crippen LogP contribution in [-0.4, -0.2) is 27.0 Å². The number of hydrogen-bond acceptors (Lipinski definition) is 5. The number of rotatable bonds is 7. The predicted octanol–water partition coefficient (Wildman–Crippen LogP) is 2.53. The van der Waals surface area contributed by atoms with Crippen molar-refractivity contribution in [3.63, 3.8) is 0 Å². The largest absolute Gasteiger partial charge is 0.494 e. The molecule has 3 rings (SSSR count). The number of ether oxygens (including phenoxy) is 1. The molecular weight excluding hydrogens is 344 g/mol. The lowest BCUT2D eigenvalue weighted by Crippen LogP contribution is -2.34. The van der Waals surface area contributed by atoms with Crippen molar-refractivity contribution in [1.29, 1.82) is 0 Å². The third-order valence-electron chi connectivity index (χ3n) is 4.08. The lowest BCUT2D eigenvalue weighted by molar-refractivity contribution is 0.0944. The second-order valence-corrected chi connectivity index (χ2v) is 6.03. The van der Waals surface area contributed by atoms with Crippen molar-refractivity contribution in [2.24, 2.45) is 0 Å². The monoisotopic (exact) mass is 366 g/mol. The Labute approximate surface area is 157 Å². The second kappa shape index (κ2) is 8.44. The minimum atomic E-state index is -0.501. The summed E-state index contributed by atoms with van der Waals surface area (Å²) in [5.74, 6) is 0.292. The van der Waals surface area contributed by atoms with Gasteiger partial charge in [-0.25, -0.2) is 9.97 Å². The van der Waals surface area contributed by atoms with Gasteiger partial charge in [-0.3, -0.25) is 14.2 Å². The SMILES string of the molecule is CCCOc1ccc(CNC(=O)c2nc3cccnc3n(CC)c2=O)cc1. The Morgan fingerprint density at radius 2 is 1.96 bits per heavy atom. The molecule has 0 unspecified atom stereocenters. The molecule has 0 radical (unpaired) electrons. The molecule has 140 valence electrons. The van der Waals surface area contributed by atoms with Gasteiger partial charge in [0.15, 0.2) is 11.3 Å². The predicted molar refractivity (Wildman–Crippen MR) is 103 cm³/mol. The highest BCUT2D eigenvalue weighted by molar-refractivity contribution is 5.93. The summed E-state index contributed by atoms with van der Waals surface area (Å²) in [7, 11) is 0. The molecule has 1 amide bonds. The minimum Gasteiger partial charge on any atom is -0.494 e. The van der Waals surface area contributed by atoms with Gasteiger partial charge in [0, 0.05) is 19.3 Å². The summed E-state index contributed by atoms with van der Waals surface area (Å²) in [6.45, 7) is 5.26. The number of aryl methyl sites for hydroxylation is 1. The van der Waals surface area contributed by atoms with Gasteiger partial charge in [0.2, 0.25) is 0 Å². The summed E-state index contributed by atoms with van der Waals surface area (Å²) in [5.41, 5.74) is 1.33. The van der Waals surface area contributed by atoms with Gasteiger partial charge in [-0.15, -0.1) is 0 Å². The van der Waals surface area contributed by atoms with Crippen molar-refractivity contribution in [3.05, 3.63) is 64.2 Å². The van der Waals surface area contributed by atoms with E-state index in [9.17, 15) is 9.59 Å². The molecule has 2 aromatic heterocycles. The molecule has 0 spiro atoms. The molecule has 7 nitrogen and oxygen atoms in total. The maximum Gasteiger partial charge on any atom is 0.283 e. The molecule has 1 N–H and O–H groups in total. The van der Waals surface area contributed by atoms with Crippen LogP contribution in [0.4, 0.5) is 0 Å². The van der Waals surface area contributed by atoms with Crippen molar-refractivity contribution in [2.75, 3.05) is 6.61 Å². The van der Waals surface area contributed by atoms with Crippen LogP contribution in [-0.2, 0) is 13.1 Å². The zero-order valence-electron chi connectivity index (χ0n) is 15.4. The molecule has 0 saturated heterocycles. The van der Waals surface area contributed by atoms with Gasteiger partial charge in [0.1, 0.15) is 11.3 Å². The highest BCUT2D eigenvalue weighted by Gasteiger charge is 2.17. The van der Waals surface area contributed by atoms with Crippen LogP contribution in [0.15, 0.2) is 47.4 Å². The zero-order chi connectivity index (χ0) is 19.2. The van der Waals surface area contributed by atoms with Gasteiger partial charge in [0.05, 0.1) is 6.61 Å². The Balaban J connectivity index is 1.76. The van der Waals surface area contributed by atoms with Gasteiger partial charge in [-0.05, 0) is 43.2 Å². The standard InChI is InChI=1S/C20H22N4O3/c1-3-12-27-15-9-7-14(8-10-15)13-22-19(25)17-20(26)24(4-2)18-16(23-17)6-5-11-21-18/h5-11H,3-4,12-13H2,1-2H3,(H,22,25). The summed E-state index contributed by atoms with van der Waals surface area (Å²) in [6.07, 6.45) is 2.55. The van der Waals surface area contributed by atoms with Crippen LogP contribution in [0, 0.1) is 0 Å². The van der Waals surface area contributed by atoms with E-state index in [0.717, 1.165) is 17.7 Å². The Kier molecular flexibility index (Phi) is 5.80. The number of nitrogens with zero attached hydrogens (tertiary/aromatic N) is 3. The molecule has 3 aromatic rings. The summed E-state index contributed by atoms with van der Waals surface area (Å²) in [6, 6.07) is 11.0. The summed E-state index contributed by atoms with van der Waals surface area (Å²) in [4.78, 5) is 33.5. The summed E-state index contributed by atoms with van der Waals surface area (Å²) < 4.78 is 7.00. The first kappa shape index (κ1) is 18.6. The van der Waals surface area contributed by atoms with Crippen LogP contribution in [0.5, 0.6) is 5.75 Å². The maximum absolute atomic E-state index is 12.6. The lowest BCUT2D eigenvalue weighted by atomic mass is 10.2. The molecule has 27 heavy (non-hydrogen) atoms. The van der Waals surface area contributed by atoms with Crippen LogP contribution < -0.4 is 15.6 Å². The van der Waals surface area contributed by atoms with E-state index in [1.165, 1.54) is 4.57 Å². The lowest BCUT2D eigenvalue weighted by Gasteiger charge is -2.10. The van der Waals surface area contributed by atoms with E-state index in [0.29, 0.717) is 30.9 Å². The molecule has 7 heteroatoms. The maximum atomic E-state index is 12.6. The Morgan fingerprint density at radius 3 is 2.67 bits per heavy atom. The van der Waals surface area contributed by atoms with Crippen LogP contribution in [0.25, 0.3) is 11.2 Å². The number of carbonyl (C=O) groups excluding carboxylic acids is 1. The Bertz CT molecular complexity index is 996. The average Bonchev–Trinajstić information content (AvgIpc) is 2.70. The second-order valence-electron chi connectivity index (χ2n) is 6.03. The number of fused-ring (bicyclic) bond motifs is 1. The molecule has 2 heterocycles. The fraction of sp³-hybridized carbons (Fsp3) is 0.300. The molecule has 0 aliphatic rings.